The molecule has 3 aliphatic rings. The summed E-state index contributed by atoms with van der Waals surface area (Å²) in [5.41, 5.74) is 6.09. The Hall–Kier alpha value is -0.570. The van der Waals surface area contributed by atoms with E-state index in [0.29, 0.717) is 18.4 Å². The van der Waals surface area contributed by atoms with Crippen LogP contribution in [0.25, 0.3) is 0 Å². The summed E-state index contributed by atoms with van der Waals surface area (Å²) in [6.45, 7) is 0.982. The third-order valence-corrected chi connectivity index (χ3v) is 5.67. The average molecular weight is 264 g/mol. The minimum Gasteiger partial charge on any atom is -0.339 e. The van der Waals surface area contributed by atoms with Gasteiger partial charge in [0.05, 0.1) is 0 Å². The van der Waals surface area contributed by atoms with Crippen LogP contribution in [0.4, 0.5) is 0 Å². The van der Waals surface area contributed by atoms with Gasteiger partial charge in [-0.1, -0.05) is 19.3 Å². The number of nitrogens with two attached hydrogens (primary N) is 1. The van der Waals surface area contributed by atoms with E-state index in [9.17, 15) is 4.79 Å². The van der Waals surface area contributed by atoms with E-state index in [0.717, 1.165) is 25.3 Å². The molecule has 3 rings (SSSR count). The molecule has 2 aliphatic carbocycles. The number of amides is 1. The van der Waals surface area contributed by atoms with Crippen molar-refractivity contribution in [3.05, 3.63) is 0 Å². The number of hydrogen-bond donors (Lipinski definition) is 1. The second-order valence-electron chi connectivity index (χ2n) is 7.09. The molecule has 3 heteroatoms. The van der Waals surface area contributed by atoms with Gasteiger partial charge in [0, 0.05) is 24.5 Å². The van der Waals surface area contributed by atoms with Gasteiger partial charge in [-0.25, -0.2) is 0 Å². The van der Waals surface area contributed by atoms with Gasteiger partial charge in [-0.05, 0) is 50.9 Å². The molecule has 3 nitrogen and oxygen atoms in total. The minimum atomic E-state index is -0.156. The fourth-order valence-electron chi connectivity index (χ4n) is 4.32. The predicted octanol–water partition coefficient (Wildman–Crippen LogP) is 2.83. The zero-order valence-corrected chi connectivity index (χ0v) is 12.1. The zero-order chi connectivity index (χ0) is 13.3. The number of carbonyl (C=O) groups is 1. The largest absolute Gasteiger partial charge is 0.339 e. The van der Waals surface area contributed by atoms with Gasteiger partial charge < -0.3 is 10.6 Å². The molecular formula is C16H28N2O. The van der Waals surface area contributed by atoms with Crippen LogP contribution in [0.15, 0.2) is 0 Å². The van der Waals surface area contributed by atoms with Crippen molar-refractivity contribution in [3.8, 4) is 0 Å². The lowest BCUT2D eigenvalue weighted by molar-refractivity contribution is -0.135. The molecule has 2 saturated carbocycles. The topological polar surface area (TPSA) is 46.3 Å². The number of likely N-dealkylation sites (tertiary alicyclic amines) is 1. The highest BCUT2D eigenvalue weighted by atomic mass is 16.2. The van der Waals surface area contributed by atoms with Gasteiger partial charge in [0.25, 0.3) is 0 Å². The predicted molar refractivity (Wildman–Crippen MR) is 76.7 cm³/mol. The van der Waals surface area contributed by atoms with Crippen molar-refractivity contribution in [2.24, 2.45) is 11.7 Å². The van der Waals surface area contributed by atoms with Crippen LogP contribution >= 0.6 is 0 Å². The first-order chi connectivity index (χ1) is 9.18. The van der Waals surface area contributed by atoms with E-state index in [1.807, 2.05) is 0 Å². The Labute approximate surface area is 116 Å². The highest BCUT2D eigenvalue weighted by Crippen LogP contribution is 2.37. The molecule has 0 aromatic rings. The Morgan fingerprint density at radius 1 is 1.05 bits per heavy atom. The van der Waals surface area contributed by atoms with E-state index in [2.05, 4.69) is 4.90 Å². The third kappa shape index (κ3) is 2.81. The quantitative estimate of drug-likeness (QED) is 0.852. The van der Waals surface area contributed by atoms with Gasteiger partial charge in [0.15, 0.2) is 0 Å². The van der Waals surface area contributed by atoms with Crippen LogP contribution in [-0.2, 0) is 4.79 Å². The lowest BCUT2D eigenvalue weighted by Crippen LogP contribution is -2.52. The van der Waals surface area contributed by atoms with Gasteiger partial charge in [-0.3, -0.25) is 4.79 Å². The minimum absolute atomic E-state index is 0.156. The first kappa shape index (κ1) is 13.4. The molecule has 2 N–H and O–H groups in total. The Morgan fingerprint density at radius 3 is 2.42 bits per heavy atom. The molecule has 19 heavy (non-hydrogen) atoms. The Balaban J connectivity index is 1.60. The van der Waals surface area contributed by atoms with E-state index >= 15 is 0 Å². The van der Waals surface area contributed by atoms with E-state index in [1.165, 1.54) is 51.4 Å². The van der Waals surface area contributed by atoms with Gasteiger partial charge in [0.1, 0.15) is 0 Å². The lowest BCUT2D eigenvalue weighted by atomic mass is 9.75. The molecule has 0 aromatic carbocycles. The molecule has 0 radical (unpaired) electrons. The number of hydrogen-bond acceptors (Lipinski definition) is 2. The normalized spacial score (nSPS) is 31.2. The number of carbonyl (C=O) groups excluding carboxylic acids is 1. The summed E-state index contributed by atoms with van der Waals surface area (Å²) in [7, 11) is 0. The first-order valence-corrected chi connectivity index (χ1v) is 8.26. The summed E-state index contributed by atoms with van der Waals surface area (Å²) in [5.74, 6) is 1.12. The molecule has 3 fully saturated rings. The molecule has 1 aliphatic heterocycles. The van der Waals surface area contributed by atoms with Crippen molar-refractivity contribution in [1.29, 1.82) is 0 Å². The van der Waals surface area contributed by atoms with Crippen LogP contribution in [0.5, 0.6) is 0 Å². The fraction of sp³-hybridized carbons (Fsp3) is 0.938. The van der Waals surface area contributed by atoms with Crippen LogP contribution in [-0.4, -0.2) is 28.9 Å². The summed E-state index contributed by atoms with van der Waals surface area (Å²) < 4.78 is 0. The molecule has 0 aromatic heterocycles. The highest BCUT2D eigenvalue weighted by molar-refractivity contribution is 5.78. The molecule has 1 unspecified atom stereocenters. The van der Waals surface area contributed by atoms with E-state index < -0.39 is 0 Å². The number of nitrogens with zero attached hydrogens (tertiary/aromatic N) is 1. The van der Waals surface area contributed by atoms with Crippen molar-refractivity contribution in [1.82, 2.24) is 4.90 Å². The molecule has 108 valence electrons. The van der Waals surface area contributed by atoms with Crippen LogP contribution in [0, 0.1) is 5.92 Å². The Bertz CT molecular complexity index is 332. The summed E-state index contributed by atoms with van der Waals surface area (Å²) in [6.07, 6.45) is 13.1. The summed E-state index contributed by atoms with van der Waals surface area (Å²) in [5, 5.41) is 0. The van der Waals surface area contributed by atoms with Crippen molar-refractivity contribution in [2.75, 3.05) is 6.54 Å². The molecule has 1 amide bonds. The van der Waals surface area contributed by atoms with Crippen LogP contribution in [0.3, 0.4) is 0 Å². The second-order valence-corrected chi connectivity index (χ2v) is 7.09. The van der Waals surface area contributed by atoms with Gasteiger partial charge in [0.2, 0.25) is 5.91 Å². The van der Waals surface area contributed by atoms with Crippen LogP contribution < -0.4 is 5.73 Å². The van der Waals surface area contributed by atoms with Crippen LogP contribution in [0.1, 0.15) is 70.6 Å². The van der Waals surface area contributed by atoms with Gasteiger partial charge in [-0.15, -0.1) is 0 Å². The fourth-order valence-corrected chi connectivity index (χ4v) is 4.32. The maximum absolute atomic E-state index is 12.6. The van der Waals surface area contributed by atoms with Crippen molar-refractivity contribution in [3.63, 3.8) is 0 Å². The molecular weight excluding hydrogens is 236 g/mol. The van der Waals surface area contributed by atoms with Crippen LogP contribution in [0.2, 0.25) is 0 Å². The molecule has 1 heterocycles. The molecule has 1 saturated heterocycles. The number of rotatable bonds is 3. The highest BCUT2D eigenvalue weighted by Gasteiger charge is 2.40. The molecule has 0 bridgehead atoms. The monoisotopic (exact) mass is 264 g/mol. The maximum atomic E-state index is 12.6. The molecule has 1 atom stereocenters. The van der Waals surface area contributed by atoms with Crippen molar-refractivity contribution < 1.29 is 4.79 Å². The first-order valence-electron chi connectivity index (χ1n) is 8.26. The van der Waals surface area contributed by atoms with E-state index in [4.69, 9.17) is 5.73 Å². The third-order valence-electron chi connectivity index (χ3n) is 5.67. The van der Waals surface area contributed by atoms with Gasteiger partial charge in [-0.2, -0.15) is 0 Å². The SMILES string of the molecule is NC1(CC(=O)N2CCCC2C2CCCCC2)CCC1. The summed E-state index contributed by atoms with van der Waals surface area (Å²) >= 11 is 0. The average Bonchev–Trinajstić information content (AvgIpc) is 2.87. The maximum Gasteiger partial charge on any atom is 0.224 e. The lowest BCUT2D eigenvalue weighted by Gasteiger charge is -2.40. The van der Waals surface area contributed by atoms with E-state index in [1.54, 1.807) is 0 Å². The Kier molecular flexibility index (Phi) is 3.84. The standard InChI is InChI=1S/C16H28N2O/c17-16(9-5-10-16)12-15(19)18-11-4-8-14(18)13-6-2-1-3-7-13/h13-14H,1-12,17H2. The smallest absolute Gasteiger partial charge is 0.224 e. The van der Waals surface area contributed by atoms with Gasteiger partial charge >= 0.3 is 0 Å². The van der Waals surface area contributed by atoms with Crippen molar-refractivity contribution in [2.45, 2.75) is 82.2 Å². The molecule has 0 spiro atoms. The van der Waals surface area contributed by atoms with Crippen molar-refractivity contribution >= 4 is 5.91 Å². The summed E-state index contributed by atoms with van der Waals surface area (Å²) in [6, 6.07) is 0.538. The second kappa shape index (κ2) is 5.43. The summed E-state index contributed by atoms with van der Waals surface area (Å²) in [4.78, 5) is 14.8. The Morgan fingerprint density at radius 2 is 1.79 bits per heavy atom. The zero-order valence-electron chi connectivity index (χ0n) is 12.1. The van der Waals surface area contributed by atoms with E-state index in [-0.39, 0.29) is 5.54 Å².